The number of amides is 1. The van der Waals surface area contributed by atoms with Crippen LogP contribution in [0.5, 0.6) is 0 Å². The van der Waals surface area contributed by atoms with Gasteiger partial charge in [-0.1, -0.05) is 25.3 Å². The lowest BCUT2D eigenvalue weighted by atomic mass is 9.74. The predicted molar refractivity (Wildman–Crippen MR) is 85.3 cm³/mol. The summed E-state index contributed by atoms with van der Waals surface area (Å²) in [6.07, 6.45) is 4.37. The van der Waals surface area contributed by atoms with E-state index in [1.165, 1.54) is 0 Å². The zero-order valence-electron chi connectivity index (χ0n) is 13.1. The van der Waals surface area contributed by atoms with Crippen molar-refractivity contribution in [1.82, 2.24) is 0 Å². The molecule has 2 rings (SSSR count). The van der Waals surface area contributed by atoms with Gasteiger partial charge < -0.3 is 10.2 Å². The zero-order valence-corrected chi connectivity index (χ0v) is 13.1. The van der Waals surface area contributed by atoms with E-state index in [2.05, 4.69) is 11.4 Å². The van der Waals surface area contributed by atoms with E-state index >= 15 is 0 Å². The third-order valence-electron chi connectivity index (χ3n) is 4.30. The maximum absolute atomic E-state index is 12.5. The van der Waals surface area contributed by atoms with Crippen LogP contribution in [0.3, 0.4) is 0 Å². The van der Waals surface area contributed by atoms with Crippen LogP contribution in [-0.4, -0.2) is 20.0 Å². The van der Waals surface area contributed by atoms with E-state index < -0.39 is 5.41 Å². The Hall–Kier alpha value is -2.02. The van der Waals surface area contributed by atoms with Gasteiger partial charge in [0.2, 0.25) is 5.91 Å². The molecular formula is C17H23N3O. The molecule has 4 nitrogen and oxygen atoms in total. The molecule has 1 N–H and O–H groups in total. The number of carbonyl (C=O) groups is 1. The van der Waals surface area contributed by atoms with Crippen molar-refractivity contribution in [3.8, 4) is 6.07 Å². The van der Waals surface area contributed by atoms with Crippen molar-refractivity contribution < 1.29 is 4.79 Å². The minimum absolute atomic E-state index is 0.154. The molecule has 21 heavy (non-hydrogen) atoms. The number of nitrogens with one attached hydrogen (secondary N) is 1. The van der Waals surface area contributed by atoms with Crippen LogP contribution in [0, 0.1) is 23.7 Å². The molecule has 0 saturated heterocycles. The SMILES string of the molecule is Cc1ccc(NC(=O)C2(C#N)CCCCC2)cc1N(C)C. The van der Waals surface area contributed by atoms with Crippen molar-refractivity contribution in [2.24, 2.45) is 5.41 Å². The first-order valence-electron chi connectivity index (χ1n) is 7.49. The fourth-order valence-electron chi connectivity index (χ4n) is 2.96. The second kappa shape index (κ2) is 6.17. The van der Waals surface area contributed by atoms with Gasteiger partial charge in [0.15, 0.2) is 0 Å². The monoisotopic (exact) mass is 285 g/mol. The normalized spacial score (nSPS) is 16.9. The lowest BCUT2D eigenvalue weighted by molar-refractivity contribution is -0.124. The highest BCUT2D eigenvalue weighted by Gasteiger charge is 2.39. The van der Waals surface area contributed by atoms with Crippen LogP contribution in [0.4, 0.5) is 11.4 Å². The Balaban J connectivity index is 2.19. The largest absolute Gasteiger partial charge is 0.377 e. The molecule has 0 aliphatic heterocycles. The van der Waals surface area contributed by atoms with Crippen LogP contribution in [0.1, 0.15) is 37.7 Å². The summed E-state index contributed by atoms with van der Waals surface area (Å²) < 4.78 is 0. The standard InChI is InChI=1S/C17H23N3O/c1-13-7-8-14(11-15(13)20(2)3)19-16(21)17(12-18)9-5-4-6-10-17/h7-8,11H,4-6,9-10H2,1-3H3,(H,19,21). The maximum Gasteiger partial charge on any atom is 0.244 e. The van der Waals surface area contributed by atoms with Crippen LogP contribution < -0.4 is 10.2 Å². The number of hydrogen-bond acceptors (Lipinski definition) is 3. The average Bonchev–Trinajstić information content (AvgIpc) is 2.49. The predicted octanol–water partition coefficient (Wildman–Crippen LogP) is 3.47. The summed E-state index contributed by atoms with van der Waals surface area (Å²) in [5.74, 6) is -0.154. The summed E-state index contributed by atoms with van der Waals surface area (Å²) in [5.41, 5.74) is 2.14. The van der Waals surface area contributed by atoms with Gasteiger partial charge in [-0.3, -0.25) is 4.79 Å². The fraction of sp³-hybridized carbons (Fsp3) is 0.529. The fourth-order valence-corrected chi connectivity index (χ4v) is 2.96. The molecule has 1 aliphatic rings. The molecule has 0 aromatic heterocycles. The van der Waals surface area contributed by atoms with E-state index in [4.69, 9.17) is 0 Å². The third-order valence-corrected chi connectivity index (χ3v) is 4.30. The van der Waals surface area contributed by atoms with E-state index in [1.54, 1.807) is 0 Å². The van der Waals surface area contributed by atoms with Gasteiger partial charge in [-0.15, -0.1) is 0 Å². The van der Waals surface area contributed by atoms with Crippen LogP contribution >= 0.6 is 0 Å². The molecule has 0 radical (unpaired) electrons. The maximum atomic E-state index is 12.5. The second-order valence-corrected chi connectivity index (χ2v) is 6.10. The summed E-state index contributed by atoms with van der Waals surface area (Å²) in [7, 11) is 3.96. The molecule has 0 bridgehead atoms. The molecule has 112 valence electrons. The van der Waals surface area contributed by atoms with Gasteiger partial charge in [0, 0.05) is 25.5 Å². The first kappa shape index (κ1) is 15.4. The summed E-state index contributed by atoms with van der Waals surface area (Å²) in [6, 6.07) is 8.11. The molecule has 1 aromatic rings. The average molecular weight is 285 g/mol. The van der Waals surface area contributed by atoms with Crippen molar-refractivity contribution in [3.63, 3.8) is 0 Å². The van der Waals surface area contributed by atoms with Crippen LogP contribution in [0.2, 0.25) is 0 Å². The van der Waals surface area contributed by atoms with Gasteiger partial charge in [0.05, 0.1) is 6.07 Å². The highest BCUT2D eigenvalue weighted by molar-refractivity contribution is 5.97. The van der Waals surface area contributed by atoms with E-state index in [-0.39, 0.29) is 5.91 Å². The van der Waals surface area contributed by atoms with E-state index in [9.17, 15) is 10.1 Å². The Morgan fingerprint density at radius 2 is 1.95 bits per heavy atom. The van der Waals surface area contributed by atoms with Crippen molar-refractivity contribution in [2.75, 3.05) is 24.3 Å². The number of nitrogens with zero attached hydrogens (tertiary/aromatic N) is 2. The van der Waals surface area contributed by atoms with E-state index in [1.807, 2.05) is 44.1 Å². The quantitative estimate of drug-likeness (QED) is 0.925. The second-order valence-electron chi connectivity index (χ2n) is 6.10. The van der Waals surface area contributed by atoms with Crippen molar-refractivity contribution >= 4 is 17.3 Å². The van der Waals surface area contributed by atoms with Crippen molar-refractivity contribution in [2.45, 2.75) is 39.0 Å². The zero-order chi connectivity index (χ0) is 15.5. The minimum Gasteiger partial charge on any atom is -0.377 e. The summed E-state index contributed by atoms with van der Waals surface area (Å²) in [6.45, 7) is 2.04. The minimum atomic E-state index is -0.846. The smallest absolute Gasteiger partial charge is 0.244 e. The molecular weight excluding hydrogens is 262 g/mol. The molecule has 1 saturated carbocycles. The number of carbonyl (C=O) groups excluding carboxylic acids is 1. The molecule has 1 fully saturated rings. The molecule has 0 unspecified atom stereocenters. The van der Waals surface area contributed by atoms with E-state index in [0.717, 1.165) is 36.2 Å². The summed E-state index contributed by atoms with van der Waals surface area (Å²) in [4.78, 5) is 14.6. The van der Waals surface area contributed by atoms with Gasteiger partial charge in [-0.25, -0.2) is 0 Å². The van der Waals surface area contributed by atoms with E-state index in [0.29, 0.717) is 12.8 Å². The number of nitriles is 1. The van der Waals surface area contributed by atoms with Crippen molar-refractivity contribution in [3.05, 3.63) is 23.8 Å². The number of benzene rings is 1. The Labute approximate surface area is 126 Å². The molecule has 1 aromatic carbocycles. The Morgan fingerprint density at radius 1 is 1.29 bits per heavy atom. The lowest BCUT2D eigenvalue weighted by Gasteiger charge is -2.29. The molecule has 0 atom stereocenters. The topological polar surface area (TPSA) is 56.1 Å². The number of hydrogen-bond donors (Lipinski definition) is 1. The van der Waals surface area contributed by atoms with Gasteiger partial charge >= 0.3 is 0 Å². The number of rotatable bonds is 3. The Kier molecular flexibility index (Phi) is 4.52. The summed E-state index contributed by atoms with van der Waals surface area (Å²) >= 11 is 0. The van der Waals surface area contributed by atoms with Crippen LogP contribution in [0.15, 0.2) is 18.2 Å². The molecule has 1 aliphatic carbocycles. The van der Waals surface area contributed by atoms with Crippen molar-refractivity contribution in [1.29, 1.82) is 5.26 Å². The number of anilines is 2. The van der Waals surface area contributed by atoms with Gasteiger partial charge in [-0.2, -0.15) is 5.26 Å². The first-order chi connectivity index (χ1) is 9.98. The highest BCUT2D eigenvalue weighted by Crippen LogP contribution is 2.37. The van der Waals surface area contributed by atoms with Gasteiger partial charge in [-0.05, 0) is 37.5 Å². The van der Waals surface area contributed by atoms with Gasteiger partial charge in [0.25, 0.3) is 0 Å². The van der Waals surface area contributed by atoms with Gasteiger partial charge in [0.1, 0.15) is 5.41 Å². The summed E-state index contributed by atoms with van der Waals surface area (Å²) in [5, 5.41) is 12.4. The molecule has 0 heterocycles. The molecule has 0 spiro atoms. The third kappa shape index (κ3) is 3.18. The highest BCUT2D eigenvalue weighted by atomic mass is 16.2. The Bertz CT molecular complexity index is 566. The molecule has 4 heteroatoms. The molecule has 1 amide bonds. The Morgan fingerprint density at radius 3 is 2.52 bits per heavy atom. The van der Waals surface area contributed by atoms with Crippen LogP contribution in [0.25, 0.3) is 0 Å². The number of aryl methyl sites for hydroxylation is 1. The van der Waals surface area contributed by atoms with Crippen LogP contribution in [-0.2, 0) is 4.79 Å². The lowest BCUT2D eigenvalue weighted by Crippen LogP contribution is -2.36. The first-order valence-corrected chi connectivity index (χ1v) is 7.49.